The molecule has 2 aliphatic carbocycles. The van der Waals surface area contributed by atoms with Crippen LogP contribution in [0.15, 0.2) is 17.5 Å². The normalized spacial score (nSPS) is 29.0. The number of hydrogen-bond donors (Lipinski definition) is 2. The average Bonchev–Trinajstić information content (AvgIpc) is 3.05. The van der Waals surface area contributed by atoms with Crippen LogP contribution in [0.2, 0.25) is 0 Å². The third kappa shape index (κ3) is 3.02. The number of hydrogen-bond acceptors (Lipinski definition) is 3. The molecule has 2 unspecified atom stereocenters. The van der Waals surface area contributed by atoms with Gasteiger partial charge in [0.2, 0.25) is 5.91 Å². The van der Waals surface area contributed by atoms with Gasteiger partial charge in [0.25, 0.3) is 0 Å². The Labute approximate surface area is 130 Å². The summed E-state index contributed by atoms with van der Waals surface area (Å²) in [6.07, 6.45) is 8.90. The van der Waals surface area contributed by atoms with Crippen molar-refractivity contribution in [3.05, 3.63) is 22.4 Å². The van der Waals surface area contributed by atoms with Crippen LogP contribution in [0.1, 0.15) is 62.7 Å². The first-order valence-electron chi connectivity index (χ1n) is 8.25. The summed E-state index contributed by atoms with van der Waals surface area (Å²) in [6.45, 7) is 0. The van der Waals surface area contributed by atoms with Crippen LogP contribution >= 0.6 is 11.3 Å². The van der Waals surface area contributed by atoms with Crippen LogP contribution in [0.3, 0.4) is 0 Å². The predicted molar refractivity (Wildman–Crippen MR) is 85.5 cm³/mol. The van der Waals surface area contributed by atoms with Crippen molar-refractivity contribution in [3.63, 3.8) is 0 Å². The van der Waals surface area contributed by atoms with Crippen molar-refractivity contribution >= 4 is 17.2 Å². The zero-order chi connectivity index (χ0) is 14.7. The fourth-order valence-electron chi connectivity index (χ4n) is 3.88. The van der Waals surface area contributed by atoms with Crippen LogP contribution in [0.4, 0.5) is 0 Å². The minimum Gasteiger partial charge on any atom is -0.391 e. The van der Waals surface area contributed by atoms with Crippen molar-refractivity contribution in [3.8, 4) is 0 Å². The van der Waals surface area contributed by atoms with Gasteiger partial charge in [-0.05, 0) is 37.1 Å². The second-order valence-corrected chi connectivity index (χ2v) is 7.50. The SMILES string of the molecule is O=C(NC1CCCCC1O)C1(c2cccs2)CCCCC1. The third-order valence-electron chi connectivity index (χ3n) is 5.18. The van der Waals surface area contributed by atoms with Crippen molar-refractivity contribution < 1.29 is 9.90 Å². The molecule has 116 valence electrons. The quantitative estimate of drug-likeness (QED) is 0.899. The highest BCUT2D eigenvalue weighted by Gasteiger charge is 2.43. The Balaban J connectivity index is 1.78. The highest BCUT2D eigenvalue weighted by molar-refractivity contribution is 7.10. The maximum absolute atomic E-state index is 13.0. The molecule has 2 N–H and O–H groups in total. The molecular weight excluding hydrogens is 282 g/mol. The highest BCUT2D eigenvalue weighted by atomic mass is 32.1. The van der Waals surface area contributed by atoms with Crippen LogP contribution < -0.4 is 5.32 Å². The second kappa shape index (κ2) is 6.49. The van der Waals surface area contributed by atoms with Gasteiger partial charge in [-0.15, -0.1) is 11.3 Å². The van der Waals surface area contributed by atoms with Crippen molar-refractivity contribution in [2.75, 3.05) is 0 Å². The van der Waals surface area contributed by atoms with Gasteiger partial charge in [0, 0.05) is 4.88 Å². The highest BCUT2D eigenvalue weighted by Crippen LogP contribution is 2.42. The van der Waals surface area contributed by atoms with Gasteiger partial charge < -0.3 is 10.4 Å². The van der Waals surface area contributed by atoms with Crippen molar-refractivity contribution in [1.29, 1.82) is 0 Å². The number of carbonyl (C=O) groups is 1. The summed E-state index contributed by atoms with van der Waals surface area (Å²) in [5.41, 5.74) is -0.344. The van der Waals surface area contributed by atoms with Crippen LogP contribution in [0, 0.1) is 0 Å². The van der Waals surface area contributed by atoms with Crippen LogP contribution in [-0.4, -0.2) is 23.2 Å². The maximum Gasteiger partial charge on any atom is 0.231 e. The van der Waals surface area contributed by atoms with Gasteiger partial charge in [-0.25, -0.2) is 0 Å². The molecule has 2 saturated carbocycles. The number of carbonyl (C=O) groups excluding carboxylic acids is 1. The monoisotopic (exact) mass is 307 g/mol. The second-order valence-electron chi connectivity index (χ2n) is 6.55. The van der Waals surface area contributed by atoms with E-state index < -0.39 is 0 Å². The molecule has 0 aromatic carbocycles. The van der Waals surface area contributed by atoms with Gasteiger partial charge in [-0.1, -0.05) is 38.2 Å². The lowest BCUT2D eigenvalue weighted by molar-refractivity contribution is -0.130. The first-order chi connectivity index (χ1) is 10.2. The number of rotatable bonds is 3. The molecule has 1 aromatic rings. The third-order valence-corrected chi connectivity index (χ3v) is 6.25. The summed E-state index contributed by atoms with van der Waals surface area (Å²) in [5.74, 6) is 0.149. The Kier molecular flexibility index (Phi) is 4.65. The molecule has 2 atom stereocenters. The molecule has 0 aliphatic heterocycles. The van der Waals surface area contributed by atoms with E-state index >= 15 is 0 Å². The smallest absolute Gasteiger partial charge is 0.231 e. The van der Waals surface area contributed by atoms with E-state index in [0.29, 0.717) is 0 Å². The van der Waals surface area contributed by atoms with E-state index in [2.05, 4.69) is 16.8 Å². The molecule has 0 saturated heterocycles. The molecule has 2 fully saturated rings. The van der Waals surface area contributed by atoms with E-state index in [4.69, 9.17) is 0 Å². The fraction of sp³-hybridized carbons (Fsp3) is 0.706. The maximum atomic E-state index is 13.0. The summed E-state index contributed by atoms with van der Waals surface area (Å²) in [5, 5.41) is 15.4. The number of amides is 1. The number of aliphatic hydroxyl groups excluding tert-OH is 1. The lowest BCUT2D eigenvalue weighted by Gasteiger charge is -2.38. The molecule has 4 heteroatoms. The molecular formula is C17H25NO2S. The van der Waals surface area contributed by atoms with Crippen molar-refractivity contribution in [2.45, 2.75) is 75.3 Å². The van der Waals surface area contributed by atoms with E-state index in [9.17, 15) is 9.90 Å². The zero-order valence-corrected chi connectivity index (χ0v) is 13.3. The topological polar surface area (TPSA) is 49.3 Å². The molecule has 0 spiro atoms. The fourth-order valence-corrected chi connectivity index (χ4v) is 4.86. The summed E-state index contributed by atoms with van der Waals surface area (Å²) in [6, 6.07) is 4.09. The Hall–Kier alpha value is -0.870. The van der Waals surface area contributed by atoms with Gasteiger partial charge in [-0.2, -0.15) is 0 Å². The molecule has 2 aliphatic rings. The molecule has 21 heavy (non-hydrogen) atoms. The summed E-state index contributed by atoms with van der Waals surface area (Å²) in [7, 11) is 0. The number of aliphatic hydroxyl groups is 1. The Morgan fingerprint density at radius 1 is 1.19 bits per heavy atom. The molecule has 1 heterocycles. The van der Waals surface area contributed by atoms with E-state index in [-0.39, 0.29) is 23.5 Å². The molecule has 0 radical (unpaired) electrons. The van der Waals surface area contributed by atoms with E-state index in [1.807, 2.05) is 6.07 Å². The van der Waals surface area contributed by atoms with Gasteiger partial charge in [0.05, 0.1) is 17.6 Å². The van der Waals surface area contributed by atoms with Gasteiger partial charge >= 0.3 is 0 Å². The summed E-state index contributed by atoms with van der Waals surface area (Å²) >= 11 is 1.70. The van der Waals surface area contributed by atoms with Gasteiger partial charge in [0.1, 0.15) is 0 Å². The predicted octanol–water partition coefficient (Wildman–Crippen LogP) is 3.37. The van der Waals surface area contributed by atoms with Crippen LogP contribution in [-0.2, 0) is 10.2 Å². The van der Waals surface area contributed by atoms with Crippen LogP contribution in [0.25, 0.3) is 0 Å². The zero-order valence-electron chi connectivity index (χ0n) is 12.5. The minimum absolute atomic E-state index is 0.0509. The Bertz CT molecular complexity index is 465. The minimum atomic E-state index is -0.369. The molecule has 1 aromatic heterocycles. The standard InChI is InChI=1S/C17H25NO2S/c19-14-8-3-2-7-13(14)18-16(20)17(10-4-1-5-11-17)15-9-6-12-21-15/h6,9,12-14,19H,1-5,7-8,10-11H2,(H,18,20). The van der Waals surface area contributed by atoms with E-state index in [0.717, 1.165) is 51.4 Å². The summed E-state index contributed by atoms with van der Waals surface area (Å²) in [4.78, 5) is 14.2. The Morgan fingerprint density at radius 3 is 2.62 bits per heavy atom. The number of nitrogens with one attached hydrogen (secondary N) is 1. The van der Waals surface area contributed by atoms with Gasteiger partial charge in [-0.3, -0.25) is 4.79 Å². The lowest BCUT2D eigenvalue weighted by atomic mass is 9.72. The van der Waals surface area contributed by atoms with Crippen molar-refractivity contribution in [1.82, 2.24) is 5.32 Å². The van der Waals surface area contributed by atoms with E-state index in [1.54, 1.807) is 11.3 Å². The first-order valence-corrected chi connectivity index (χ1v) is 9.13. The Morgan fingerprint density at radius 2 is 1.95 bits per heavy atom. The summed E-state index contributed by atoms with van der Waals surface area (Å²) < 4.78 is 0. The lowest BCUT2D eigenvalue weighted by Crippen LogP contribution is -2.53. The molecule has 0 bridgehead atoms. The first kappa shape index (κ1) is 15.0. The van der Waals surface area contributed by atoms with Crippen LogP contribution in [0.5, 0.6) is 0 Å². The molecule has 3 nitrogen and oxygen atoms in total. The molecule has 1 amide bonds. The van der Waals surface area contributed by atoms with Gasteiger partial charge in [0.15, 0.2) is 0 Å². The number of thiophene rings is 1. The van der Waals surface area contributed by atoms with Crippen molar-refractivity contribution in [2.24, 2.45) is 0 Å². The molecule has 3 rings (SSSR count). The average molecular weight is 307 g/mol. The van der Waals surface area contributed by atoms with E-state index in [1.165, 1.54) is 11.3 Å². The largest absolute Gasteiger partial charge is 0.391 e.